The Morgan fingerprint density at radius 3 is 2.52 bits per heavy atom. The highest BCUT2D eigenvalue weighted by Gasteiger charge is 2.25. The summed E-state index contributed by atoms with van der Waals surface area (Å²) in [7, 11) is 1.49. The summed E-state index contributed by atoms with van der Waals surface area (Å²) in [6, 6.07) is 13.5. The molecule has 0 spiro atoms. The summed E-state index contributed by atoms with van der Waals surface area (Å²) in [5.74, 6) is -0.682. The predicted octanol–water partition coefficient (Wildman–Crippen LogP) is 4.10. The third-order valence-electron chi connectivity index (χ3n) is 3.44. The van der Waals surface area contributed by atoms with Crippen LogP contribution in [-0.2, 0) is 4.79 Å². The molecule has 0 fully saturated rings. The molecule has 7 heteroatoms. The number of alkyl halides is 2. The fourth-order valence-corrected chi connectivity index (χ4v) is 2.89. The third kappa shape index (κ3) is 4.20. The van der Waals surface area contributed by atoms with E-state index in [1.165, 1.54) is 34.5 Å². The molecule has 0 aliphatic heterocycles. The van der Waals surface area contributed by atoms with Gasteiger partial charge in [0.2, 0.25) is 4.18 Å². The highest BCUT2D eigenvalue weighted by atomic mass is 127. The Balaban J connectivity index is 2.52. The summed E-state index contributed by atoms with van der Waals surface area (Å²) in [5, 5.41) is 10.1. The van der Waals surface area contributed by atoms with Crippen molar-refractivity contribution in [3.63, 3.8) is 0 Å². The topological polar surface area (TPSA) is 52.6 Å². The molecule has 0 aliphatic carbocycles. The van der Waals surface area contributed by atoms with Gasteiger partial charge >= 0.3 is 0 Å². The van der Waals surface area contributed by atoms with Gasteiger partial charge in [-0.25, -0.2) is 4.39 Å². The standard InChI is InChI=1S/C16H15ClFIN2O2/c1-21(16(22)15(18)19)13-8-7-11(17)9-12(13)14(20-23)10-5-3-2-4-6-10/h2-9,14-15,20,23H,1H3. The van der Waals surface area contributed by atoms with Crippen LogP contribution in [0.15, 0.2) is 48.5 Å². The smallest absolute Gasteiger partial charge is 0.271 e. The summed E-state index contributed by atoms with van der Waals surface area (Å²) >= 11 is 7.48. The number of amides is 1. The predicted molar refractivity (Wildman–Crippen MR) is 97.0 cm³/mol. The molecule has 23 heavy (non-hydrogen) atoms. The molecule has 0 aliphatic rings. The number of nitrogens with zero attached hydrogens (tertiary/aromatic N) is 1. The lowest BCUT2D eigenvalue weighted by Crippen LogP contribution is -2.33. The van der Waals surface area contributed by atoms with Gasteiger partial charge in [-0.15, -0.1) is 0 Å². The molecule has 0 radical (unpaired) electrons. The molecule has 0 saturated heterocycles. The van der Waals surface area contributed by atoms with Crippen molar-refractivity contribution in [1.29, 1.82) is 0 Å². The summed E-state index contributed by atoms with van der Waals surface area (Å²) < 4.78 is 11.7. The van der Waals surface area contributed by atoms with Gasteiger partial charge in [0.25, 0.3) is 5.91 Å². The molecule has 2 aromatic carbocycles. The van der Waals surface area contributed by atoms with Gasteiger partial charge in [-0.3, -0.25) is 4.79 Å². The number of halogens is 3. The molecule has 2 unspecified atom stereocenters. The summed E-state index contributed by atoms with van der Waals surface area (Å²) in [6.07, 6.45) is 0. The maximum absolute atomic E-state index is 13.4. The fraction of sp³-hybridized carbons (Fsp3) is 0.188. The maximum atomic E-state index is 13.4. The van der Waals surface area contributed by atoms with Crippen molar-refractivity contribution in [3.05, 3.63) is 64.7 Å². The number of anilines is 1. The number of carbonyl (C=O) groups is 1. The first-order valence-corrected chi connectivity index (χ1v) is 8.37. The third-order valence-corrected chi connectivity index (χ3v) is 4.21. The van der Waals surface area contributed by atoms with E-state index in [-0.39, 0.29) is 0 Å². The minimum atomic E-state index is -1.65. The van der Waals surface area contributed by atoms with Gasteiger partial charge in [0.1, 0.15) is 0 Å². The van der Waals surface area contributed by atoms with E-state index in [1.54, 1.807) is 18.2 Å². The molecular formula is C16H15ClFIN2O2. The number of hydrogen-bond donors (Lipinski definition) is 2. The molecule has 0 heterocycles. The largest absolute Gasteiger partial charge is 0.316 e. The van der Waals surface area contributed by atoms with Crippen LogP contribution in [-0.4, -0.2) is 22.3 Å². The number of rotatable bonds is 5. The highest BCUT2D eigenvalue weighted by Crippen LogP contribution is 2.33. The molecule has 0 bridgehead atoms. The quantitative estimate of drug-likeness (QED) is 0.411. The first-order valence-electron chi connectivity index (χ1n) is 6.75. The van der Waals surface area contributed by atoms with E-state index in [9.17, 15) is 14.4 Å². The van der Waals surface area contributed by atoms with Crippen LogP contribution in [0.2, 0.25) is 5.02 Å². The zero-order valence-corrected chi connectivity index (χ0v) is 15.1. The highest BCUT2D eigenvalue weighted by molar-refractivity contribution is 14.1. The van der Waals surface area contributed by atoms with Crippen molar-refractivity contribution in [2.45, 2.75) is 10.2 Å². The summed E-state index contributed by atoms with van der Waals surface area (Å²) in [6.45, 7) is 0. The van der Waals surface area contributed by atoms with Crippen molar-refractivity contribution >= 4 is 45.8 Å². The van der Waals surface area contributed by atoms with Crippen LogP contribution in [0.25, 0.3) is 0 Å². The van der Waals surface area contributed by atoms with Crippen LogP contribution in [0.5, 0.6) is 0 Å². The monoisotopic (exact) mass is 448 g/mol. The summed E-state index contributed by atoms with van der Waals surface area (Å²) in [4.78, 5) is 13.2. The Morgan fingerprint density at radius 2 is 1.96 bits per heavy atom. The molecule has 1 amide bonds. The van der Waals surface area contributed by atoms with E-state index in [4.69, 9.17) is 11.6 Å². The lowest BCUT2D eigenvalue weighted by Gasteiger charge is -2.25. The van der Waals surface area contributed by atoms with Crippen LogP contribution in [0, 0.1) is 0 Å². The van der Waals surface area contributed by atoms with Crippen molar-refractivity contribution < 1.29 is 14.4 Å². The molecule has 4 nitrogen and oxygen atoms in total. The minimum absolute atomic E-state index is 0.451. The average Bonchev–Trinajstić information content (AvgIpc) is 2.55. The normalized spacial score (nSPS) is 13.4. The van der Waals surface area contributed by atoms with Gasteiger partial charge in [0, 0.05) is 23.3 Å². The number of hydrogen-bond acceptors (Lipinski definition) is 3. The molecule has 2 atom stereocenters. The Bertz CT molecular complexity index is 685. The minimum Gasteiger partial charge on any atom is -0.316 e. The molecular weight excluding hydrogens is 434 g/mol. The van der Waals surface area contributed by atoms with Crippen LogP contribution in [0.4, 0.5) is 10.1 Å². The van der Waals surface area contributed by atoms with Crippen LogP contribution < -0.4 is 10.4 Å². The van der Waals surface area contributed by atoms with E-state index in [1.807, 2.05) is 30.3 Å². The van der Waals surface area contributed by atoms with E-state index in [0.717, 1.165) is 5.56 Å². The molecule has 2 aromatic rings. The van der Waals surface area contributed by atoms with Gasteiger partial charge in [-0.05, 0) is 46.4 Å². The van der Waals surface area contributed by atoms with Gasteiger partial charge in [0.05, 0.1) is 6.04 Å². The Labute approximate surface area is 152 Å². The van der Waals surface area contributed by atoms with Crippen LogP contribution in [0.1, 0.15) is 17.2 Å². The van der Waals surface area contributed by atoms with E-state index in [2.05, 4.69) is 5.48 Å². The molecule has 0 aromatic heterocycles. The lowest BCUT2D eigenvalue weighted by atomic mass is 9.97. The Hall–Kier alpha value is -1.22. The van der Waals surface area contributed by atoms with Crippen molar-refractivity contribution in [2.75, 3.05) is 11.9 Å². The fourth-order valence-electron chi connectivity index (χ4n) is 2.30. The van der Waals surface area contributed by atoms with Gasteiger partial charge in [-0.2, -0.15) is 5.48 Å². The Morgan fingerprint density at radius 1 is 1.30 bits per heavy atom. The maximum Gasteiger partial charge on any atom is 0.271 e. The van der Waals surface area contributed by atoms with Crippen molar-refractivity contribution in [1.82, 2.24) is 5.48 Å². The SMILES string of the molecule is CN(C(=O)C(F)I)c1ccc(Cl)cc1C(NO)c1ccccc1. The number of nitrogens with one attached hydrogen (secondary N) is 1. The van der Waals surface area contributed by atoms with Gasteiger partial charge in [-0.1, -0.05) is 41.9 Å². The average molecular weight is 449 g/mol. The molecule has 2 rings (SSSR count). The number of hydroxylamine groups is 1. The molecule has 122 valence electrons. The van der Waals surface area contributed by atoms with Crippen molar-refractivity contribution in [2.24, 2.45) is 0 Å². The second kappa shape index (κ2) is 8.05. The van der Waals surface area contributed by atoms with Gasteiger partial charge < -0.3 is 10.1 Å². The van der Waals surface area contributed by atoms with Crippen LogP contribution >= 0.6 is 34.2 Å². The van der Waals surface area contributed by atoms with E-state index < -0.39 is 16.1 Å². The zero-order chi connectivity index (χ0) is 17.0. The molecule has 2 N–H and O–H groups in total. The first kappa shape index (κ1) is 18.1. The zero-order valence-electron chi connectivity index (χ0n) is 12.2. The molecule has 0 saturated carbocycles. The van der Waals surface area contributed by atoms with E-state index >= 15 is 0 Å². The number of benzene rings is 2. The second-order valence-electron chi connectivity index (χ2n) is 4.87. The Kier molecular flexibility index (Phi) is 6.34. The second-order valence-corrected chi connectivity index (χ2v) is 6.40. The van der Waals surface area contributed by atoms with E-state index in [0.29, 0.717) is 16.3 Å². The first-order chi connectivity index (χ1) is 11.0. The lowest BCUT2D eigenvalue weighted by molar-refractivity contribution is -0.119. The summed E-state index contributed by atoms with van der Waals surface area (Å²) in [5.41, 5.74) is 4.05. The van der Waals surface area contributed by atoms with Crippen LogP contribution in [0.3, 0.4) is 0 Å². The van der Waals surface area contributed by atoms with Gasteiger partial charge in [0.15, 0.2) is 0 Å². The van der Waals surface area contributed by atoms with Crippen molar-refractivity contribution in [3.8, 4) is 0 Å². The number of carbonyl (C=O) groups excluding carboxylic acids is 1.